The Hall–Kier alpha value is -3.49. The number of alkyl halides is 3. The van der Waals surface area contributed by atoms with Crippen molar-refractivity contribution in [3.05, 3.63) is 77.5 Å². The van der Waals surface area contributed by atoms with Crippen molar-refractivity contribution in [1.82, 2.24) is 9.78 Å². The fourth-order valence-electron chi connectivity index (χ4n) is 2.93. The first-order valence-electron chi connectivity index (χ1n) is 8.66. The van der Waals surface area contributed by atoms with E-state index in [9.17, 15) is 23.1 Å². The van der Waals surface area contributed by atoms with Gasteiger partial charge in [-0.3, -0.25) is 0 Å². The summed E-state index contributed by atoms with van der Waals surface area (Å²) in [4.78, 5) is 11.8. The highest BCUT2D eigenvalue weighted by Gasteiger charge is 2.31. The summed E-state index contributed by atoms with van der Waals surface area (Å²) < 4.78 is 41.8. The van der Waals surface area contributed by atoms with E-state index in [0.29, 0.717) is 11.3 Å². The Balaban J connectivity index is 1.76. The SMILES string of the molecule is Nc1cc(Cc2ccc(OC(F)(F)F)cc2)nn1C(Cc1ccccc1)C(=O)O. The van der Waals surface area contributed by atoms with Crippen LogP contribution in [0.3, 0.4) is 0 Å². The van der Waals surface area contributed by atoms with Gasteiger partial charge in [0, 0.05) is 18.9 Å². The van der Waals surface area contributed by atoms with Crippen LogP contribution < -0.4 is 10.5 Å². The van der Waals surface area contributed by atoms with Crippen LogP contribution in [0.5, 0.6) is 5.75 Å². The van der Waals surface area contributed by atoms with Crippen LogP contribution in [0.4, 0.5) is 19.0 Å². The third-order valence-corrected chi connectivity index (χ3v) is 4.21. The lowest BCUT2D eigenvalue weighted by Gasteiger charge is -2.14. The normalized spacial score (nSPS) is 12.5. The van der Waals surface area contributed by atoms with E-state index in [2.05, 4.69) is 9.84 Å². The van der Waals surface area contributed by atoms with E-state index in [-0.39, 0.29) is 24.4 Å². The van der Waals surface area contributed by atoms with E-state index in [1.807, 2.05) is 30.3 Å². The number of nitrogens with zero attached hydrogens (tertiary/aromatic N) is 2. The molecule has 0 aliphatic heterocycles. The molecule has 29 heavy (non-hydrogen) atoms. The first kappa shape index (κ1) is 20.2. The largest absolute Gasteiger partial charge is 0.573 e. The average molecular weight is 405 g/mol. The Morgan fingerprint density at radius 2 is 1.76 bits per heavy atom. The van der Waals surface area contributed by atoms with Gasteiger partial charge in [0.15, 0.2) is 6.04 Å². The van der Waals surface area contributed by atoms with Crippen molar-refractivity contribution in [1.29, 1.82) is 0 Å². The second-order valence-electron chi connectivity index (χ2n) is 6.42. The van der Waals surface area contributed by atoms with Gasteiger partial charge in [-0.1, -0.05) is 42.5 Å². The van der Waals surface area contributed by atoms with Crippen molar-refractivity contribution in [2.24, 2.45) is 0 Å². The van der Waals surface area contributed by atoms with E-state index in [1.165, 1.54) is 28.9 Å². The van der Waals surface area contributed by atoms with Gasteiger partial charge in [0.05, 0.1) is 5.69 Å². The van der Waals surface area contributed by atoms with Crippen LogP contribution in [-0.4, -0.2) is 27.2 Å². The monoisotopic (exact) mass is 405 g/mol. The lowest BCUT2D eigenvalue weighted by molar-refractivity contribution is -0.274. The van der Waals surface area contributed by atoms with Gasteiger partial charge in [0.25, 0.3) is 0 Å². The van der Waals surface area contributed by atoms with Crippen molar-refractivity contribution in [2.75, 3.05) is 5.73 Å². The van der Waals surface area contributed by atoms with Gasteiger partial charge in [-0.25, -0.2) is 9.48 Å². The lowest BCUT2D eigenvalue weighted by Crippen LogP contribution is -2.24. The number of hydrogen-bond donors (Lipinski definition) is 2. The number of carboxylic acids is 1. The fourth-order valence-corrected chi connectivity index (χ4v) is 2.93. The summed E-state index contributed by atoms with van der Waals surface area (Å²) in [5, 5.41) is 13.9. The number of anilines is 1. The predicted octanol–water partition coefficient (Wildman–Crippen LogP) is 3.82. The number of halogens is 3. The number of aliphatic carboxylic acids is 1. The first-order valence-corrected chi connectivity index (χ1v) is 8.66. The molecule has 1 aromatic heterocycles. The summed E-state index contributed by atoms with van der Waals surface area (Å²) in [7, 11) is 0. The third-order valence-electron chi connectivity index (χ3n) is 4.21. The summed E-state index contributed by atoms with van der Waals surface area (Å²) in [6.07, 6.45) is -4.26. The van der Waals surface area contributed by atoms with Crippen LogP contribution >= 0.6 is 0 Å². The zero-order chi connectivity index (χ0) is 21.0. The van der Waals surface area contributed by atoms with Crippen molar-refractivity contribution < 1.29 is 27.8 Å². The maximum Gasteiger partial charge on any atom is 0.573 e. The summed E-state index contributed by atoms with van der Waals surface area (Å²) in [6, 6.07) is 15.1. The number of nitrogens with two attached hydrogens (primary N) is 1. The number of rotatable bonds is 7. The molecule has 152 valence electrons. The molecule has 0 bridgehead atoms. The second kappa shape index (κ2) is 8.26. The van der Waals surface area contributed by atoms with E-state index >= 15 is 0 Å². The molecule has 0 radical (unpaired) electrons. The minimum Gasteiger partial charge on any atom is -0.480 e. The highest BCUT2D eigenvalue weighted by molar-refractivity contribution is 5.73. The zero-order valence-electron chi connectivity index (χ0n) is 15.1. The molecular formula is C20H18F3N3O3. The number of aromatic nitrogens is 2. The molecule has 1 heterocycles. The number of ether oxygens (including phenoxy) is 1. The Bertz CT molecular complexity index is 970. The number of carboxylic acid groups (broad SMARTS) is 1. The Kier molecular flexibility index (Phi) is 5.76. The van der Waals surface area contributed by atoms with Gasteiger partial charge in [0.1, 0.15) is 11.6 Å². The van der Waals surface area contributed by atoms with E-state index < -0.39 is 18.4 Å². The van der Waals surface area contributed by atoms with Gasteiger partial charge in [-0.05, 0) is 23.3 Å². The third kappa shape index (κ3) is 5.50. The maximum atomic E-state index is 12.2. The van der Waals surface area contributed by atoms with Gasteiger partial charge in [0.2, 0.25) is 0 Å². The van der Waals surface area contributed by atoms with Crippen LogP contribution in [0.25, 0.3) is 0 Å². The quantitative estimate of drug-likeness (QED) is 0.624. The van der Waals surface area contributed by atoms with Crippen LogP contribution in [0, 0.1) is 0 Å². The molecule has 0 saturated heterocycles. The minimum absolute atomic E-state index is 0.195. The van der Waals surface area contributed by atoms with Crippen LogP contribution in [0.1, 0.15) is 22.9 Å². The highest BCUT2D eigenvalue weighted by Crippen LogP contribution is 2.24. The smallest absolute Gasteiger partial charge is 0.480 e. The van der Waals surface area contributed by atoms with Gasteiger partial charge in [-0.15, -0.1) is 13.2 Å². The van der Waals surface area contributed by atoms with E-state index in [1.54, 1.807) is 6.07 Å². The molecule has 3 aromatic rings. The molecule has 0 spiro atoms. The molecule has 3 N–H and O–H groups in total. The molecule has 3 rings (SSSR count). The summed E-state index contributed by atoms with van der Waals surface area (Å²) in [6.45, 7) is 0. The van der Waals surface area contributed by atoms with Gasteiger partial charge in [-0.2, -0.15) is 5.10 Å². The molecule has 0 aliphatic carbocycles. The molecule has 2 aromatic carbocycles. The number of carbonyl (C=O) groups is 1. The minimum atomic E-state index is -4.75. The summed E-state index contributed by atoms with van der Waals surface area (Å²) >= 11 is 0. The van der Waals surface area contributed by atoms with Crippen LogP contribution in [-0.2, 0) is 17.6 Å². The molecule has 6 nitrogen and oxygen atoms in total. The number of nitrogen functional groups attached to an aromatic ring is 1. The topological polar surface area (TPSA) is 90.4 Å². The molecule has 9 heteroatoms. The molecule has 1 atom stereocenters. The second-order valence-corrected chi connectivity index (χ2v) is 6.42. The van der Waals surface area contributed by atoms with Crippen molar-refractivity contribution in [2.45, 2.75) is 25.2 Å². The molecule has 0 aliphatic rings. The maximum absolute atomic E-state index is 12.2. The number of benzene rings is 2. The van der Waals surface area contributed by atoms with Crippen molar-refractivity contribution in [3.8, 4) is 5.75 Å². The number of hydrogen-bond acceptors (Lipinski definition) is 4. The molecule has 1 unspecified atom stereocenters. The van der Waals surface area contributed by atoms with E-state index in [0.717, 1.165) is 5.56 Å². The van der Waals surface area contributed by atoms with Crippen molar-refractivity contribution in [3.63, 3.8) is 0 Å². The predicted molar refractivity (Wildman–Crippen MR) is 99.4 cm³/mol. The molecule has 0 saturated carbocycles. The lowest BCUT2D eigenvalue weighted by atomic mass is 10.1. The summed E-state index contributed by atoms with van der Waals surface area (Å²) in [5.41, 5.74) is 7.99. The van der Waals surface area contributed by atoms with Gasteiger partial charge >= 0.3 is 12.3 Å². The van der Waals surface area contributed by atoms with Gasteiger partial charge < -0.3 is 15.6 Å². The standard InChI is InChI=1S/C20H18F3N3O3/c21-20(22,23)29-16-8-6-14(7-9-16)10-15-12-18(24)26(25-15)17(19(27)28)11-13-4-2-1-3-5-13/h1-9,12,17H,10-11,24H2,(H,27,28). The fraction of sp³-hybridized carbons (Fsp3) is 0.200. The summed E-state index contributed by atoms with van der Waals surface area (Å²) in [5.74, 6) is -1.19. The highest BCUT2D eigenvalue weighted by atomic mass is 19.4. The average Bonchev–Trinajstić information content (AvgIpc) is 3.00. The molecular weight excluding hydrogens is 387 g/mol. The van der Waals surface area contributed by atoms with Crippen LogP contribution in [0.2, 0.25) is 0 Å². The molecule has 0 fully saturated rings. The molecule has 0 amide bonds. The van der Waals surface area contributed by atoms with E-state index in [4.69, 9.17) is 5.73 Å². The Morgan fingerprint density at radius 3 is 2.34 bits per heavy atom. The zero-order valence-corrected chi connectivity index (χ0v) is 15.1. The Labute approximate surface area is 164 Å². The Morgan fingerprint density at radius 1 is 1.10 bits per heavy atom. The van der Waals surface area contributed by atoms with Crippen molar-refractivity contribution >= 4 is 11.8 Å². The first-order chi connectivity index (χ1) is 13.7. The van der Waals surface area contributed by atoms with Crippen LogP contribution in [0.15, 0.2) is 60.7 Å².